The summed E-state index contributed by atoms with van der Waals surface area (Å²) in [5.74, 6) is -0.830. The number of fused-ring (bicyclic) bond motifs is 2. The van der Waals surface area contributed by atoms with Crippen LogP contribution in [0.25, 0.3) is 22.0 Å². The number of aromatic amines is 1. The highest BCUT2D eigenvalue weighted by molar-refractivity contribution is 6.33. The third-order valence-electron chi connectivity index (χ3n) is 6.12. The molecule has 3 aromatic carbocycles. The van der Waals surface area contributed by atoms with E-state index >= 15 is 0 Å². The first-order valence-electron chi connectivity index (χ1n) is 11.4. The number of benzene rings is 3. The van der Waals surface area contributed by atoms with E-state index < -0.39 is 17.9 Å². The summed E-state index contributed by atoms with van der Waals surface area (Å²) in [5, 5.41) is 23.3. The number of carbonyl (C=O) groups excluding carboxylic acids is 1. The number of H-pyrrole nitrogens is 1. The fourth-order valence-electron chi connectivity index (χ4n) is 4.35. The molecule has 1 aliphatic rings. The van der Waals surface area contributed by atoms with Crippen LogP contribution in [0.5, 0.6) is 11.5 Å². The summed E-state index contributed by atoms with van der Waals surface area (Å²) < 4.78 is 11.5. The van der Waals surface area contributed by atoms with Crippen LogP contribution in [0.1, 0.15) is 26.3 Å². The number of rotatable bonds is 7. The van der Waals surface area contributed by atoms with Crippen molar-refractivity contribution in [2.45, 2.75) is 12.5 Å². The Morgan fingerprint density at radius 2 is 1.83 bits per heavy atom. The summed E-state index contributed by atoms with van der Waals surface area (Å²) in [7, 11) is 0. The molecule has 0 radical (unpaired) electrons. The number of para-hydroxylation sites is 1. The lowest BCUT2D eigenvalue weighted by atomic mass is 9.99. The van der Waals surface area contributed by atoms with Crippen LogP contribution in [-0.2, 0) is 6.42 Å². The molecule has 0 unspecified atom stereocenters. The molecule has 1 amide bonds. The molecule has 4 aromatic rings. The molecular weight excluding hydrogens is 484 g/mol. The maximum Gasteiger partial charge on any atom is 0.337 e. The van der Waals surface area contributed by atoms with Crippen molar-refractivity contribution >= 4 is 34.4 Å². The largest absolute Gasteiger partial charge is 0.486 e. The number of aromatic nitrogens is 1. The smallest absolute Gasteiger partial charge is 0.337 e. The molecule has 8 nitrogen and oxygen atoms in total. The average Bonchev–Trinajstić information content (AvgIpc) is 3.30. The number of hydrogen-bond acceptors (Lipinski definition) is 5. The van der Waals surface area contributed by atoms with Gasteiger partial charge in [0.25, 0.3) is 5.91 Å². The highest BCUT2D eigenvalue weighted by Crippen LogP contribution is 2.39. The first-order chi connectivity index (χ1) is 17.4. The molecule has 0 fully saturated rings. The summed E-state index contributed by atoms with van der Waals surface area (Å²) in [5.41, 5.74) is 3.43. The molecule has 0 saturated carbocycles. The Morgan fingerprint density at radius 1 is 1.03 bits per heavy atom. The third-order valence-corrected chi connectivity index (χ3v) is 6.43. The lowest BCUT2D eigenvalue weighted by Gasteiger charge is -2.23. The highest BCUT2D eigenvalue weighted by Gasteiger charge is 2.25. The van der Waals surface area contributed by atoms with Crippen LogP contribution in [0.4, 0.5) is 0 Å². The molecule has 1 atom stereocenters. The summed E-state index contributed by atoms with van der Waals surface area (Å²) >= 11 is 6.17. The molecule has 9 heteroatoms. The second-order valence-electron chi connectivity index (χ2n) is 8.46. The van der Waals surface area contributed by atoms with Crippen LogP contribution in [0.15, 0.2) is 60.8 Å². The van der Waals surface area contributed by atoms with E-state index in [-0.39, 0.29) is 22.8 Å². The molecule has 5 rings (SSSR count). The number of carboxylic acids is 1. The van der Waals surface area contributed by atoms with E-state index in [0.29, 0.717) is 42.3 Å². The van der Waals surface area contributed by atoms with E-state index in [1.807, 2.05) is 30.5 Å². The number of aromatic carboxylic acids is 1. The Bertz CT molecular complexity index is 1460. The topological polar surface area (TPSA) is 121 Å². The quantitative estimate of drug-likeness (QED) is 0.297. The molecule has 184 valence electrons. The first-order valence-corrected chi connectivity index (χ1v) is 11.8. The number of carbonyl (C=O) groups is 2. The summed E-state index contributed by atoms with van der Waals surface area (Å²) in [4.78, 5) is 27.9. The van der Waals surface area contributed by atoms with Gasteiger partial charge in [0, 0.05) is 17.1 Å². The number of halogens is 1. The van der Waals surface area contributed by atoms with Crippen molar-refractivity contribution in [1.29, 1.82) is 0 Å². The van der Waals surface area contributed by atoms with Gasteiger partial charge in [-0.2, -0.15) is 0 Å². The molecular formula is C27H23ClN2O6. The van der Waals surface area contributed by atoms with Crippen LogP contribution in [0, 0.1) is 0 Å². The Balaban J connectivity index is 1.45. The van der Waals surface area contributed by atoms with Gasteiger partial charge < -0.3 is 30.0 Å². The lowest BCUT2D eigenvalue weighted by Crippen LogP contribution is -2.39. The van der Waals surface area contributed by atoms with Gasteiger partial charge in [-0.05, 0) is 53.4 Å². The van der Waals surface area contributed by atoms with Crippen molar-refractivity contribution in [1.82, 2.24) is 10.3 Å². The molecule has 1 aromatic heterocycles. The van der Waals surface area contributed by atoms with E-state index in [1.165, 1.54) is 12.1 Å². The standard InChI is InChI=1S/C27H23ClN2O6/c28-22-11-15(5-6-20(22)27(33)34)16-10-21(25-24(12-16)35-7-8-36-25)26(32)30-18(14-31)9-17-13-29-23-4-2-1-3-19(17)23/h1-6,10-13,18,29,31H,7-9,14H2,(H,30,32)(H,33,34)/t18-/m1/s1. The number of carboxylic acid groups (broad SMARTS) is 1. The number of hydrogen-bond donors (Lipinski definition) is 4. The van der Waals surface area contributed by atoms with Crippen molar-refractivity contribution < 1.29 is 29.3 Å². The van der Waals surface area contributed by atoms with Crippen molar-refractivity contribution in [3.05, 3.63) is 82.5 Å². The molecule has 0 saturated heterocycles. The van der Waals surface area contributed by atoms with E-state index in [4.69, 9.17) is 21.1 Å². The predicted octanol–water partition coefficient (Wildman–Crippen LogP) is 4.29. The fraction of sp³-hybridized carbons (Fsp3) is 0.185. The van der Waals surface area contributed by atoms with Gasteiger partial charge in [-0.15, -0.1) is 0 Å². The van der Waals surface area contributed by atoms with Gasteiger partial charge in [-0.1, -0.05) is 35.9 Å². The zero-order valence-electron chi connectivity index (χ0n) is 19.1. The zero-order valence-corrected chi connectivity index (χ0v) is 19.8. The fourth-order valence-corrected chi connectivity index (χ4v) is 4.61. The van der Waals surface area contributed by atoms with Gasteiger partial charge in [0.05, 0.1) is 28.8 Å². The average molecular weight is 507 g/mol. The maximum absolute atomic E-state index is 13.4. The van der Waals surface area contributed by atoms with Gasteiger partial charge in [0.15, 0.2) is 11.5 Å². The van der Waals surface area contributed by atoms with Crippen molar-refractivity contribution in [3.8, 4) is 22.6 Å². The molecule has 1 aliphatic heterocycles. The SMILES string of the molecule is O=C(O)c1ccc(-c2cc3c(c(C(=O)N[C@@H](CO)Cc4c[nH]c5ccccc45)c2)OCCO3)cc1Cl. The monoisotopic (exact) mass is 506 g/mol. The van der Waals surface area contributed by atoms with E-state index in [0.717, 1.165) is 16.5 Å². The van der Waals surface area contributed by atoms with Gasteiger partial charge in [-0.25, -0.2) is 4.79 Å². The number of aliphatic hydroxyl groups excluding tert-OH is 1. The van der Waals surface area contributed by atoms with Gasteiger partial charge in [0.1, 0.15) is 13.2 Å². The van der Waals surface area contributed by atoms with Crippen molar-refractivity contribution in [2.24, 2.45) is 0 Å². The van der Waals surface area contributed by atoms with Gasteiger partial charge in [-0.3, -0.25) is 4.79 Å². The number of ether oxygens (including phenoxy) is 2. The van der Waals surface area contributed by atoms with Gasteiger partial charge >= 0.3 is 5.97 Å². The van der Waals surface area contributed by atoms with E-state index in [2.05, 4.69) is 10.3 Å². The molecule has 36 heavy (non-hydrogen) atoms. The molecule has 0 aliphatic carbocycles. The third kappa shape index (κ3) is 4.60. The molecule has 0 bridgehead atoms. The Morgan fingerprint density at radius 3 is 2.61 bits per heavy atom. The van der Waals surface area contributed by atoms with E-state index in [9.17, 15) is 19.8 Å². The second-order valence-corrected chi connectivity index (χ2v) is 8.87. The van der Waals surface area contributed by atoms with Crippen molar-refractivity contribution in [3.63, 3.8) is 0 Å². The van der Waals surface area contributed by atoms with Crippen molar-refractivity contribution in [2.75, 3.05) is 19.8 Å². The number of nitrogens with one attached hydrogen (secondary N) is 2. The first kappa shape index (κ1) is 23.7. The lowest BCUT2D eigenvalue weighted by molar-refractivity contribution is 0.0696. The van der Waals surface area contributed by atoms with Gasteiger partial charge in [0.2, 0.25) is 0 Å². The van der Waals surface area contributed by atoms with Crippen LogP contribution >= 0.6 is 11.6 Å². The summed E-state index contributed by atoms with van der Waals surface area (Å²) in [6.07, 6.45) is 2.31. The Labute approximate surface area is 211 Å². The second kappa shape index (κ2) is 9.93. The minimum absolute atomic E-state index is 0.0148. The Hall–Kier alpha value is -4.01. The molecule has 0 spiro atoms. The van der Waals surface area contributed by atoms with Crippen LogP contribution < -0.4 is 14.8 Å². The minimum Gasteiger partial charge on any atom is -0.486 e. The zero-order chi connectivity index (χ0) is 25.2. The summed E-state index contributed by atoms with van der Waals surface area (Å²) in [6, 6.07) is 15.2. The van der Waals surface area contributed by atoms with Crippen LogP contribution in [-0.4, -0.2) is 52.9 Å². The molecule has 2 heterocycles. The maximum atomic E-state index is 13.4. The van der Waals surface area contributed by atoms with E-state index in [1.54, 1.807) is 18.2 Å². The Kier molecular flexibility index (Phi) is 6.54. The van der Waals surface area contributed by atoms with Crippen LogP contribution in [0.2, 0.25) is 5.02 Å². The highest BCUT2D eigenvalue weighted by atomic mass is 35.5. The number of aliphatic hydroxyl groups is 1. The normalized spacial score (nSPS) is 13.4. The van der Waals surface area contributed by atoms with Crippen LogP contribution in [0.3, 0.4) is 0 Å². The predicted molar refractivity (Wildman–Crippen MR) is 135 cm³/mol. The minimum atomic E-state index is -1.13. The summed E-state index contributed by atoms with van der Waals surface area (Å²) in [6.45, 7) is 0.372. The number of amides is 1. The molecule has 4 N–H and O–H groups in total.